The van der Waals surface area contributed by atoms with Crippen LogP contribution in [0, 0.1) is 28.4 Å². The summed E-state index contributed by atoms with van der Waals surface area (Å²) in [5, 5.41) is 24.5. The number of likely N-dealkylation sites (tertiary alicyclic amines) is 1. The number of alkyl halides is 6. The average molecular weight is 1030 g/mol. The molecule has 0 radical (unpaired) electrons. The van der Waals surface area contributed by atoms with Crippen LogP contribution in [0.2, 0.25) is 0 Å². The maximum Gasteiger partial charge on any atom is 0.420 e. The molecule has 0 unspecified atom stereocenters. The second kappa shape index (κ2) is 21.5. The van der Waals surface area contributed by atoms with Gasteiger partial charge in [0.1, 0.15) is 41.2 Å². The molecule has 3 heterocycles. The van der Waals surface area contributed by atoms with Gasteiger partial charge in [-0.3, -0.25) is 29.1 Å². The normalized spacial score (nSPS) is 17.5. The minimum atomic E-state index is -5.34. The number of aliphatic hydroxyl groups is 1. The van der Waals surface area contributed by atoms with E-state index in [-0.39, 0.29) is 50.6 Å². The van der Waals surface area contributed by atoms with Crippen molar-refractivity contribution in [3.8, 4) is 23.1 Å². The zero-order valence-corrected chi connectivity index (χ0v) is 40.2. The van der Waals surface area contributed by atoms with Gasteiger partial charge in [-0.2, -0.15) is 31.6 Å². The third kappa shape index (κ3) is 11.9. The van der Waals surface area contributed by atoms with Crippen LogP contribution in [0.4, 0.5) is 46.5 Å². The molecule has 3 atom stereocenters. The van der Waals surface area contributed by atoms with Gasteiger partial charge in [0.25, 0.3) is 5.91 Å². The number of thiocarbonyl (C=S) groups is 1. The molecular formula is C49H49F8N7O7S. The van der Waals surface area contributed by atoms with Crippen LogP contribution < -0.4 is 25.2 Å². The van der Waals surface area contributed by atoms with Gasteiger partial charge in [-0.1, -0.05) is 51.1 Å². The van der Waals surface area contributed by atoms with Gasteiger partial charge in [0.05, 0.1) is 47.5 Å². The molecule has 0 saturated carbocycles. The van der Waals surface area contributed by atoms with Gasteiger partial charge in [0, 0.05) is 37.7 Å². The fraction of sp³-hybridized carbons (Fsp3) is 0.408. The number of pyridine rings is 1. The summed E-state index contributed by atoms with van der Waals surface area (Å²) < 4.78 is 127. The fourth-order valence-electron chi connectivity index (χ4n) is 8.24. The third-order valence-electron chi connectivity index (χ3n) is 11.8. The van der Waals surface area contributed by atoms with Crippen molar-refractivity contribution in [3.05, 3.63) is 107 Å². The molecule has 2 fully saturated rings. The van der Waals surface area contributed by atoms with Gasteiger partial charge in [0.2, 0.25) is 17.7 Å². The summed E-state index contributed by atoms with van der Waals surface area (Å²) in [6, 6.07) is 13.2. The van der Waals surface area contributed by atoms with E-state index in [1.165, 1.54) is 24.8 Å². The summed E-state index contributed by atoms with van der Waals surface area (Å²) in [7, 11) is 0. The molecule has 0 aliphatic carbocycles. The lowest BCUT2D eigenvalue weighted by Crippen LogP contribution is -2.58. The first-order chi connectivity index (χ1) is 33.7. The van der Waals surface area contributed by atoms with Crippen molar-refractivity contribution < 1.29 is 68.9 Å². The first-order valence-electron chi connectivity index (χ1n) is 22.3. The number of carbonyl (C=O) groups is 4. The Kier molecular flexibility index (Phi) is 16.3. The number of rotatable bonds is 16. The van der Waals surface area contributed by atoms with E-state index in [1.54, 1.807) is 20.8 Å². The summed E-state index contributed by atoms with van der Waals surface area (Å²) >= 11 is 5.37. The summed E-state index contributed by atoms with van der Waals surface area (Å²) in [6.07, 6.45) is -9.87. The van der Waals surface area contributed by atoms with E-state index in [1.807, 2.05) is 30.3 Å². The van der Waals surface area contributed by atoms with Gasteiger partial charge < -0.3 is 35.0 Å². The smallest absolute Gasteiger partial charge is 0.420 e. The zero-order chi connectivity index (χ0) is 53.1. The number of hydrogen-bond donors (Lipinski definition) is 3. The van der Waals surface area contributed by atoms with Crippen molar-refractivity contribution in [1.82, 2.24) is 20.5 Å². The number of amides is 4. The van der Waals surface area contributed by atoms with Gasteiger partial charge >= 0.3 is 12.4 Å². The lowest BCUT2D eigenvalue weighted by Gasteiger charge is -2.35. The minimum absolute atomic E-state index is 0.0213. The highest BCUT2D eigenvalue weighted by Crippen LogP contribution is 2.44. The molecule has 4 aromatic rings. The van der Waals surface area contributed by atoms with Crippen molar-refractivity contribution >= 4 is 52.3 Å². The standard InChI is InChI=1S/C49H49F8N7O7S/c1-46(2,3)41(43(68)62-25-30(65)20-36(62)42(67)60-23-27-11-7-6-8-12-27)61-37(66)26-70-17-9-10-18-71-31-14-15-32(33(21-31)48(52,53)54)40-34(50)19-29(24-59-40)64-45(72)63(44(69)47(64,4)5)35-16-13-28(22-58)38(39(35)51)49(55,56)57/h6-8,11-16,19,21,24,30,36,41,65H,9-10,17-18,20,23,25-26H2,1-5H3,(H,60,67)(H,61,66)/t30-,36+,41-/m1/s1. The van der Waals surface area contributed by atoms with E-state index in [2.05, 4.69) is 15.6 Å². The van der Waals surface area contributed by atoms with Gasteiger partial charge in [-0.25, -0.2) is 8.78 Å². The van der Waals surface area contributed by atoms with Crippen LogP contribution >= 0.6 is 12.2 Å². The third-order valence-corrected chi connectivity index (χ3v) is 12.2. The molecule has 0 spiro atoms. The predicted octanol–water partition coefficient (Wildman–Crippen LogP) is 7.84. The lowest BCUT2D eigenvalue weighted by molar-refractivity contribution is -0.144. The number of anilines is 2. The Morgan fingerprint density at radius 3 is 2.28 bits per heavy atom. The van der Waals surface area contributed by atoms with Crippen molar-refractivity contribution in [2.45, 2.75) is 96.5 Å². The Bertz CT molecular complexity index is 2760. The Morgan fingerprint density at radius 2 is 1.65 bits per heavy atom. The van der Waals surface area contributed by atoms with E-state index in [4.69, 9.17) is 27.0 Å². The van der Waals surface area contributed by atoms with Crippen LogP contribution in [0.3, 0.4) is 0 Å². The minimum Gasteiger partial charge on any atom is -0.494 e. The van der Waals surface area contributed by atoms with Crippen LogP contribution in [0.1, 0.15) is 76.1 Å². The first kappa shape index (κ1) is 54.6. The first-order valence-corrected chi connectivity index (χ1v) is 22.7. The largest absolute Gasteiger partial charge is 0.494 e. The van der Waals surface area contributed by atoms with E-state index < -0.39 is 122 Å². The topological polar surface area (TPSA) is 177 Å². The molecule has 2 aliphatic rings. The molecular weight excluding hydrogens is 983 g/mol. The molecule has 6 rings (SSSR count). The summed E-state index contributed by atoms with van der Waals surface area (Å²) in [5.41, 5.74) is -8.79. The predicted molar refractivity (Wildman–Crippen MR) is 249 cm³/mol. The van der Waals surface area contributed by atoms with E-state index in [0.717, 1.165) is 34.9 Å². The maximum absolute atomic E-state index is 15.9. The van der Waals surface area contributed by atoms with Gasteiger partial charge in [0.15, 0.2) is 16.7 Å². The second-order valence-electron chi connectivity index (χ2n) is 18.6. The summed E-state index contributed by atoms with van der Waals surface area (Å²) in [4.78, 5) is 60.2. The van der Waals surface area contributed by atoms with Crippen molar-refractivity contribution in [3.63, 3.8) is 0 Å². The molecule has 14 nitrogen and oxygen atoms in total. The molecule has 2 aliphatic heterocycles. The summed E-state index contributed by atoms with van der Waals surface area (Å²) in [6.45, 7) is 7.28. The average Bonchev–Trinajstić information content (AvgIpc) is 3.78. The van der Waals surface area contributed by atoms with Crippen LogP contribution in [-0.4, -0.2) is 93.8 Å². The number of nitrogens with one attached hydrogen (secondary N) is 2. The number of β-amino-alcohol motifs (C(OH)–C–C–N with tert-alkyl or cyclic N) is 1. The van der Waals surface area contributed by atoms with E-state index >= 15 is 8.78 Å². The number of aromatic nitrogens is 1. The van der Waals surface area contributed by atoms with Crippen LogP contribution in [0.25, 0.3) is 11.3 Å². The number of unbranched alkanes of at least 4 members (excludes halogenated alkanes) is 1. The zero-order valence-electron chi connectivity index (χ0n) is 39.4. The number of aliphatic hydroxyl groups excluding tert-OH is 1. The number of hydrogen-bond acceptors (Lipinski definition) is 10. The van der Waals surface area contributed by atoms with E-state index in [0.29, 0.717) is 29.5 Å². The van der Waals surface area contributed by atoms with Crippen LogP contribution in [-0.2, 0) is 42.8 Å². The van der Waals surface area contributed by atoms with Gasteiger partial charge in [-0.15, -0.1) is 0 Å². The highest BCUT2D eigenvalue weighted by molar-refractivity contribution is 7.81. The molecule has 0 bridgehead atoms. The molecule has 2 saturated heterocycles. The van der Waals surface area contributed by atoms with E-state index in [9.17, 15) is 50.6 Å². The van der Waals surface area contributed by atoms with Crippen LogP contribution in [0.15, 0.2) is 72.9 Å². The Hall–Kier alpha value is -6.77. The number of nitriles is 1. The number of halogens is 8. The number of nitrogens with zero attached hydrogens (tertiary/aromatic N) is 5. The summed E-state index contributed by atoms with van der Waals surface area (Å²) in [5.74, 6) is -6.17. The highest BCUT2D eigenvalue weighted by atomic mass is 32.1. The molecule has 4 amide bonds. The molecule has 1 aromatic heterocycles. The van der Waals surface area contributed by atoms with Crippen molar-refractivity contribution in [2.75, 3.05) is 36.2 Å². The molecule has 384 valence electrons. The monoisotopic (exact) mass is 1030 g/mol. The highest BCUT2D eigenvalue weighted by Gasteiger charge is 2.52. The van der Waals surface area contributed by atoms with Gasteiger partial charge in [-0.05, 0) is 80.2 Å². The molecule has 72 heavy (non-hydrogen) atoms. The van der Waals surface area contributed by atoms with Crippen molar-refractivity contribution in [1.29, 1.82) is 5.26 Å². The molecule has 3 aromatic carbocycles. The Labute approximate surface area is 413 Å². The lowest BCUT2D eigenvalue weighted by atomic mass is 9.85. The SMILES string of the molecule is CC(C)(C)[C@H](NC(=O)COCCCCOc1ccc(-c2ncc(N3C(=S)N(c4ccc(C#N)c(C(F)(F)F)c4F)C(=O)C3(C)C)cc2F)c(C(F)(F)F)c1)C(=O)N1C[C@H](O)C[C@H]1C(=O)NCc1ccccc1. The van der Waals surface area contributed by atoms with Crippen molar-refractivity contribution in [2.24, 2.45) is 5.41 Å². The fourth-order valence-corrected chi connectivity index (χ4v) is 8.75. The molecule has 3 N–H and O–H groups in total. The number of benzene rings is 3. The quantitative estimate of drug-likeness (QED) is 0.0566. The maximum atomic E-state index is 15.9. The Balaban J connectivity index is 1.04. The molecule has 23 heteroatoms. The van der Waals surface area contributed by atoms with Crippen LogP contribution in [0.5, 0.6) is 5.75 Å². The second-order valence-corrected chi connectivity index (χ2v) is 18.9. The Morgan fingerprint density at radius 1 is 0.972 bits per heavy atom. The number of ether oxygens (including phenoxy) is 2. The number of carbonyl (C=O) groups excluding carboxylic acids is 4.